The summed E-state index contributed by atoms with van der Waals surface area (Å²) in [5.74, 6) is -1.25. The van der Waals surface area contributed by atoms with E-state index in [1.54, 1.807) is 17.8 Å². The van der Waals surface area contributed by atoms with E-state index in [-0.39, 0.29) is 5.56 Å². The molecule has 3 aromatic rings. The number of hydrogen-bond acceptors (Lipinski definition) is 5. The molecule has 7 heteroatoms. The van der Waals surface area contributed by atoms with Crippen molar-refractivity contribution in [3.05, 3.63) is 65.3 Å². The van der Waals surface area contributed by atoms with Crippen LogP contribution >= 0.6 is 11.3 Å². The molecule has 23 heavy (non-hydrogen) atoms. The van der Waals surface area contributed by atoms with Gasteiger partial charge in [0.25, 0.3) is 0 Å². The van der Waals surface area contributed by atoms with Gasteiger partial charge in [0.2, 0.25) is 5.13 Å². The molecule has 1 N–H and O–H groups in total. The van der Waals surface area contributed by atoms with Crippen molar-refractivity contribution in [2.24, 2.45) is 5.10 Å². The third kappa shape index (κ3) is 3.57. The molecule has 0 aliphatic carbocycles. The van der Waals surface area contributed by atoms with Crippen LogP contribution in [0, 0.1) is 11.6 Å². The summed E-state index contributed by atoms with van der Waals surface area (Å²) in [4.78, 5) is 8.21. The molecule has 4 nitrogen and oxygen atoms in total. The molecule has 0 radical (unpaired) electrons. The van der Waals surface area contributed by atoms with Gasteiger partial charge in [-0.15, -0.1) is 11.3 Å². The van der Waals surface area contributed by atoms with Crippen molar-refractivity contribution >= 4 is 22.2 Å². The lowest BCUT2D eigenvalue weighted by Crippen LogP contribution is -1.99. The topological polar surface area (TPSA) is 50.2 Å². The van der Waals surface area contributed by atoms with Gasteiger partial charge < -0.3 is 0 Å². The van der Waals surface area contributed by atoms with E-state index < -0.39 is 11.6 Å². The molecule has 0 saturated heterocycles. The molecule has 1 aromatic carbocycles. The SMILES string of the molecule is C/C(=N/Nc1nc(-c2ccc(F)cc2F)cs1)c1ccncc1. The highest BCUT2D eigenvalue weighted by Crippen LogP contribution is 2.27. The Morgan fingerprint density at radius 1 is 1.17 bits per heavy atom. The summed E-state index contributed by atoms with van der Waals surface area (Å²) in [6, 6.07) is 7.11. The van der Waals surface area contributed by atoms with Gasteiger partial charge in [-0.1, -0.05) is 0 Å². The average Bonchev–Trinajstić information content (AvgIpc) is 3.02. The maximum Gasteiger partial charge on any atom is 0.203 e. The van der Waals surface area contributed by atoms with Crippen LogP contribution in [0.3, 0.4) is 0 Å². The number of pyridine rings is 1. The monoisotopic (exact) mass is 330 g/mol. The zero-order valence-electron chi connectivity index (χ0n) is 12.1. The van der Waals surface area contributed by atoms with Gasteiger partial charge in [-0.05, 0) is 31.2 Å². The van der Waals surface area contributed by atoms with E-state index in [1.165, 1.54) is 23.5 Å². The minimum absolute atomic E-state index is 0.255. The molecular weight excluding hydrogens is 318 g/mol. The lowest BCUT2D eigenvalue weighted by molar-refractivity contribution is 0.585. The number of anilines is 1. The number of thiazole rings is 1. The summed E-state index contributed by atoms with van der Waals surface area (Å²) in [5, 5.41) is 6.46. The predicted molar refractivity (Wildman–Crippen MR) is 87.5 cm³/mol. The van der Waals surface area contributed by atoms with Crippen molar-refractivity contribution in [3.8, 4) is 11.3 Å². The lowest BCUT2D eigenvalue weighted by atomic mass is 10.1. The Hall–Kier alpha value is -2.67. The van der Waals surface area contributed by atoms with Crippen LogP contribution in [0.1, 0.15) is 12.5 Å². The van der Waals surface area contributed by atoms with Crippen molar-refractivity contribution in [3.63, 3.8) is 0 Å². The van der Waals surface area contributed by atoms with E-state index in [9.17, 15) is 8.78 Å². The summed E-state index contributed by atoms with van der Waals surface area (Å²) < 4.78 is 26.7. The summed E-state index contributed by atoms with van der Waals surface area (Å²) in [6.45, 7) is 1.86. The van der Waals surface area contributed by atoms with Gasteiger partial charge in [0.05, 0.1) is 11.4 Å². The first-order valence-corrected chi connectivity index (χ1v) is 7.63. The fraction of sp³-hybridized carbons (Fsp3) is 0.0625. The van der Waals surface area contributed by atoms with Gasteiger partial charge in [-0.25, -0.2) is 13.8 Å². The van der Waals surface area contributed by atoms with Crippen LogP contribution in [0.25, 0.3) is 11.3 Å². The highest BCUT2D eigenvalue weighted by atomic mass is 32.1. The van der Waals surface area contributed by atoms with Crippen molar-refractivity contribution in [1.29, 1.82) is 0 Å². The van der Waals surface area contributed by atoms with E-state index >= 15 is 0 Å². The van der Waals surface area contributed by atoms with E-state index in [0.29, 0.717) is 10.8 Å². The molecule has 0 fully saturated rings. The second-order valence-corrected chi connectivity index (χ2v) is 5.57. The van der Waals surface area contributed by atoms with E-state index in [2.05, 4.69) is 20.5 Å². The molecular formula is C16H12F2N4S. The number of nitrogens with one attached hydrogen (secondary N) is 1. The molecule has 0 aliphatic rings. The molecule has 0 amide bonds. The maximum absolute atomic E-state index is 13.8. The minimum atomic E-state index is -0.640. The van der Waals surface area contributed by atoms with Crippen LogP contribution in [-0.2, 0) is 0 Å². The highest BCUT2D eigenvalue weighted by Gasteiger charge is 2.10. The van der Waals surface area contributed by atoms with Crippen LogP contribution in [0.2, 0.25) is 0 Å². The normalized spacial score (nSPS) is 11.5. The van der Waals surface area contributed by atoms with Crippen LogP contribution in [-0.4, -0.2) is 15.7 Å². The Bertz CT molecular complexity index is 846. The van der Waals surface area contributed by atoms with E-state index in [1.807, 2.05) is 19.1 Å². The maximum atomic E-state index is 13.8. The van der Waals surface area contributed by atoms with Crippen LogP contribution in [0.15, 0.2) is 53.2 Å². The van der Waals surface area contributed by atoms with Crippen molar-refractivity contribution < 1.29 is 8.78 Å². The molecule has 0 atom stereocenters. The fourth-order valence-electron chi connectivity index (χ4n) is 1.94. The first kappa shape index (κ1) is 15.2. The van der Waals surface area contributed by atoms with Crippen molar-refractivity contribution in [2.45, 2.75) is 6.92 Å². The molecule has 0 spiro atoms. The molecule has 0 unspecified atom stereocenters. The average molecular weight is 330 g/mol. The third-order valence-electron chi connectivity index (χ3n) is 3.13. The Kier molecular flexibility index (Phi) is 4.38. The summed E-state index contributed by atoms with van der Waals surface area (Å²) in [5.41, 5.74) is 5.25. The molecule has 0 aliphatic heterocycles. The zero-order chi connectivity index (χ0) is 16.2. The van der Waals surface area contributed by atoms with Gasteiger partial charge in [-0.2, -0.15) is 5.10 Å². The Labute approximate surface area is 135 Å². The molecule has 2 heterocycles. The quantitative estimate of drug-likeness (QED) is 0.572. The first-order chi connectivity index (χ1) is 11.1. The molecule has 0 saturated carbocycles. The number of nitrogens with zero attached hydrogens (tertiary/aromatic N) is 3. The molecule has 116 valence electrons. The number of hydrazone groups is 1. The number of hydrogen-bond donors (Lipinski definition) is 1. The largest absolute Gasteiger partial charge is 0.265 e. The number of rotatable bonds is 4. The molecule has 3 rings (SSSR count). The predicted octanol–water partition coefficient (Wildman–Crippen LogP) is 4.32. The van der Waals surface area contributed by atoms with Crippen molar-refractivity contribution in [2.75, 3.05) is 5.43 Å². The summed E-state index contributed by atoms with van der Waals surface area (Å²) >= 11 is 1.29. The Balaban J connectivity index is 1.77. The van der Waals surface area contributed by atoms with Crippen LogP contribution in [0.4, 0.5) is 13.9 Å². The number of aromatic nitrogens is 2. The highest BCUT2D eigenvalue weighted by molar-refractivity contribution is 7.14. The molecule has 2 aromatic heterocycles. The first-order valence-electron chi connectivity index (χ1n) is 6.75. The van der Waals surface area contributed by atoms with Gasteiger partial charge in [-0.3, -0.25) is 10.4 Å². The second kappa shape index (κ2) is 6.62. The lowest BCUT2D eigenvalue weighted by Gasteiger charge is -2.01. The van der Waals surface area contributed by atoms with Gasteiger partial charge in [0.15, 0.2) is 0 Å². The third-order valence-corrected chi connectivity index (χ3v) is 3.88. The summed E-state index contributed by atoms with van der Waals surface area (Å²) in [7, 11) is 0. The van der Waals surface area contributed by atoms with E-state index in [0.717, 1.165) is 17.3 Å². The van der Waals surface area contributed by atoms with Crippen LogP contribution in [0.5, 0.6) is 0 Å². The van der Waals surface area contributed by atoms with Gasteiger partial charge in [0, 0.05) is 35.0 Å². The van der Waals surface area contributed by atoms with E-state index in [4.69, 9.17) is 0 Å². The minimum Gasteiger partial charge on any atom is -0.265 e. The molecule has 0 bridgehead atoms. The Morgan fingerprint density at radius 3 is 2.70 bits per heavy atom. The number of benzene rings is 1. The smallest absolute Gasteiger partial charge is 0.203 e. The van der Waals surface area contributed by atoms with Gasteiger partial charge in [0.1, 0.15) is 11.6 Å². The second-order valence-electron chi connectivity index (χ2n) is 4.71. The fourth-order valence-corrected chi connectivity index (χ4v) is 2.59. The standard InChI is InChI=1S/C16H12F2N4S/c1-10(11-4-6-19-7-5-11)21-22-16-20-15(9-23-16)13-3-2-12(17)8-14(13)18/h2-9H,1H3,(H,20,22)/b21-10-. The van der Waals surface area contributed by atoms with Crippen molar-refractivity contribution in [1.82, 2.24) is 9.97 Å². The summed E-state index contributed by atoms with van der Waals surface area (Å²) in [6.07, 6.45) is 3.38. The zero-order valence-corrected chi connectivity index (χ0v) is 12.9. The Morgan fingerprint density at radius 2 is 1.96 bits per heavy atom. The number of halogens is 2. The van der Waals surface area contributed by atoms with Crippen LogP contribution < -0.4 is 5.43 Å². The van der Waals surface area contributed by atoms with Gasteiger partial charge >= 0.3 is 0 Å².